The SMILES string of the molecule is C=C.F/C(=C/C(F)(F)F)C(F)(F)F.FC(F)F.FC(F)F. The first-order valence-electron chi connectivity index (χ1n) is 3.96. The fourth-order valence-electron chi connectivity index (χ4n) is 0.226. The Bertz CT molecular complexity index is 236. The van der Waals surface area contributed by atoms with Crippen molar-refractivity contribution < 1.29 is 57.1 Å². The van der Waals surface area contributed by atoms with Gasteiger partial charge in [-0.15, -0.1) is 13.2 Å². The first-order valence-corrected chi connectivity index (χ1v) is 3.96. The van der Waals surface area contributed by atoms with Gasteiger partial charge in [-0.05, 0) is 0 Å². The minimum absolute atomic E-state index is 1.44. The molecule has 21 heavy (non-hydrogen) atoms. The van der Waals surface area contributed by atoms with Gasteiger partial charge >= 0.3 is 25.7 Å². The van der Waals surface area contributed by atoms with E-state index in [0.717, 1.165) is 0 Å². The standard InChI is InChI=1S/C4HF7.C2H4.2CHF3/c5-2(4(9,10)11)1-3(6,7)8;1-2;2*2-1(3)4/h1H;1-2H2;2*1H/b2-1+;;;. The highest BCUT2D eigenvalue weighted by atomic mass is 19.4. The largest absolute Gasteiger partial charge is 0.442 e. The van der Waals surface area contributed by atoms with Crippen molar-refractivity contribution in [3.63, 3.8) is 0 Å². The van der Waals surface area contributed by atoms with Gasteiger partial charge in [0.2, 0.25) is 5.83 Å². The summed E-state index contributed by atoms with van der Waals surface area (Å²) in [4.78, 5) is 0. The Kier molecular flexibility index (Phi) is 18.0. The second-order valence-electron chi connectivity index (χ2n) is 2.03. The lowest BCUT2D eigenvalue weighted by Crippen LogP contribution is -2.12. The van der Waals surface area contributed by atoms with Gasteiger partial charge in [-0.2, -0.15) is 52.7 Å². The third-order valence-corrected chi connectivity index (χ3v) is 0.561. The normalized spacial score (nSPS) is 11.7. The van der Waals surface area contributed by atoms with Gasteiger partial charge in [0.05, 0.1) is 6.08 Å². The molecular formula is C8H7F13. The summed E-state index contributed by atoms with van der Waals surface area (Å²) >= 11 is 0. The number of hydrogen-bond acceptors (Lipinski definition) is 0. The molecule has 0 nitrogen and oxygen atoms in total. The first kappa shape index (κ1) is 27.8. The number of alkyl halides is 12. The molecule has 130 valence electrons. The van der Waals surface area contributed by atoms with Gasteiger partial charge in [0.25, 0.3) is 0 Å². The van der Waals surface area contributed by atoms with Crippen molar-refractivity contribution >= 4 is 0 Å². The summed E-state index contributed by atoms with van der Waals surface area (Å²) in [5.41, 5.74) is 0. The highest BCUT2D eigenvalue weighted by Crippen LogP contribution is 2.30. The van der Waals surface area contributed by atoms with Crippen LogP contribution in [-0.2, 0) is 0 Å². The lowest BCUT2D eigenvalue weighted by molar-refractivity contribution is -0.121. The Morgan fingerprint density at radius 1 is 0.714 bits per heavy atom. The summed E-state index contributed by atoms with van der Waals surface area (Å²) < 4.78 is 136. The fraction of sp³-hybridized carbons (Fsp3) is 0.500. The first-order chi connectivity index (χ1) is 9.09. The molecule has 0 heterocycles. The van der Waals surface area contributed by atoms with Crippen molar-refractivity contribution in [1.29, 1.82) is 0 Å². The minimum atomic E-state index is -5.56. The topological polar surface area (TPSA) is 0 Å². The molecule has 0 atom stereocenters. The Morgan fingerprint density at radius 2 is 0.905 bits per heavy atom. The minimum Gasteiger partial charge on any atom is -0.202 e. The lowest BCUT2D eigenvalue weighted by atomic mass is 10.4. The summed E-state index contributed by atoms with van der Waals surface area (Å²) in [6, 6.07) is 0. The van der Waals surface area contributed by atoms with Crippen LogP contribution in [0.2, 0.25) is 0 Å². The third kappa shape index (κ3) is 55.7. The second-order valence-corrected chi connectivity index (χ2v) is 2.03. The lowest BCUT2D eigenvalue weighted by Gasteiger charge is -2.03. The molecule has 0 amide bonds. The molecule has 0 spiro atoms. The molecule has 0 bridgehead atoms. The van der Waals surface area contributed by atoms with E-state index in [-0.39, 0.29) is 0 Å². The molecule has 0 saturated heterocycles. The zero-order chi connectivity index (χ0) is 18.4. The number of hydrogen-bond donors (Lipinski definition) is 0. The van der Waals surface area contributed by atoms with E-state index in [1.807, 2.05) is 0 Å². The average molecular weight is 350 g/mol. The van der Waals surface area contributed by atoms with Crippen LogP contribution < -0.4 is 0 Å². The molecule has 13 heteroatoms. The molecule has 0 rings (SSSR count). The highest BCUT2D eigenvalue weighted by Gasteiger charge is 2.39. The molecule has 0 fully saturated rings. The molecule has 0 aromatic rings. The van der Waals surface area contributed by atoms with Crippen LogP contribution in [0.25, 0.3) is 0 Å². The fourth-order valence-corrected chi connectivity index (χ4v) is 0.226. The van der Waals surface area contributed by atoms with E-state index < -0.39 is 37.6 Å². The van der Waals surface area contributed by atoms with Crippen molar-refractivity contribution in [2.45, 2.75) is 25.7 Å². The van der Waals surface area contributed by atoms with Crippen molar-refractivity contribution in [3.05, 3.63) is 25.1 Å². The van der Waals surface area contributed by atoms with E-state index in [2.05, 4.69) is 13.2 Å². The maximum Gasteiger partial charge on any atom is 0.442 e. The maximum atomic E-state index is 11.4. The molecule has 0 radical (unpaired) electrons. The highest BCUT2D eigenvalue weighted by molar-refractivity contribution is 5.02. The van der Waals surface area contributed by atoms with Crippen molar-refractivity contribution in [2.75, 3.05) is 0 Å². The summed E-state index contributed by atoms with van der Waals surface area (Å²) in [5.74, 6) is -3.15. The van der Waals surface area contributed by atoms with E-state index in [0.29, 0.717) is 0 Å². The van der Waals surface area contributed by atoms with E-state index >= 15 is 0 Å². The summed E-state index contributed by atoms with van der Waals surface area (Å²) in [7, 11) is 0. The van der Waals surface area contributed by atoms with Crippen molar-refractivity contribution in [2.24, 2.45) is 0 Å². The molecule has 0 saturated carbocycles. The van der Waals surface area contributed by atoms with Gasteiger partial charge in [-0.1, -0.05) is 0 Å². The molecule has 0 unspecified atom stereocenters. The Hall–Kier alpha value is -1.43. The van der Waals surface area contributed by atoms with Gasteiger partial charge < -0.3 is 0 Å². The Labute approximate surface area is 109 Å². The summed E-state index contributed by atoms with van der Waals surface area (Å²) in [5, 5.41) is 0. The zero-order valence-electron chi connectivity index (χ0n) is 9.56. The van der Waals surface area contributed by atoms with Gasteiger partial charge in [0, 0.05) is 0 Å². The zero-order valence-corrected chi connectivity index (χ0v) is 9.56. The van der Waals surface area contributed by atoms with E-state index in [4.69, 9.17) is 0 Å². The van der Waals surface area contributed by atoms with Crippen LogP contribution in [0.4, 0.5) is 57.1 Å². The van der Waals surface area contributed by atoms with E-state index in [9.17, 15) is 57.1 Å². The summed E-state index contributed by atoms with van der Waals surface area (Å²) in [6.45, 7) is -1.33. The number of allylic oxidation sites excluding steroid dienone is 2. The number of halogens is 13. The Balaban J connectivity index is -0.000000119. The van der Waals surface area contributed by atoms with Gasteiger partial charge in [0.15, 0.2) is 0 Å². The molecule has 0 N–H and O–H groups in total. The van der Waals surface area contributed by atoms with Crippen LogP contribution in [-0.4, -0.2) is 25.7 Å². The molecular weight excluding hydrogens is 343 g/mol. The van der Waals surface area contributed by atoms with Gasteiger partial charge in [0.1, 0.15) is 0 Å². The summed E-state index contributed by atoms with van der Waals surface area (Å²) in [6.07, 6.45) is -12.3. The van der Waals surface area contributed by atoms with Crippen LogP contribution in [0, 0.1) is 0 Å². The van der Waals surface area contributed by atoms with Crippen LogP contribution in [0.3, 0.4) is 0 Å². The second kappa shape index (κ2) is 13.5. The third-order valence-electron chi connectivity index (χ3n) is 0.561. The monoisotopic (exact) mass is 350 g/mol. The van der Waals surface area contributed by atoms with E-state index in [1.165, 1.54) is 0 Å². The quantitative estimate of drug-likeness (QED) is 0.365. The molecule has 0 aliphatic rings. The molecule has 0 aromatic heterocycles. The van der Waals surface area contributed by atoms with Crippen LogP contribution in [0.15, 0.2) is 25.1 Å². The van der Waals surface area contributed by atoms with E-state index in [1.54, 1.807) is 0 Å². The van der Waals surface area contributed by atoms with Crippen LogP contribution in [0.1, 0.15) is 0 Å². The predicted octanol–water partition coefficient (Wildman–Crippen LogP) is 6.12. The maximum absolute atomic E-state index is 11.4. The van der Waals surface area contributed by atoms with Crippen molar-refractivity contribution in [3.8, 4) is 0 Å². The predicted molar refractivity (Wildman–Crippen MR) is 46.8 cm³/mol. The molecule has 0 aliphatic carbocycles. The van der Waals surface area contributed by atoms with Crippen LogP contribution >= 0.6 is 0 Å². The molecule has 0 aliphatic heterocycles. The molecule has 0 aromatic carbocycles. The smallest absolute Gasteiger partial charge is 0.202 e. The van der Waals surface area contributed by atoms with Crippen molar-refractivity contribution in [1.82, 2.24) is 0 Å². The Morgan fingerprint density at radius 3 is 0.952 bits per heavy atom. The average Bonchev–Trinajstić information content (AvgIpc) is 2.14. The van der Waals surface area contributed by atoms with Crippen LogP contribution in [0.5, 0.6) is 0 Å². The number of rotatable bonds is 0. The van der Waals surface area contributed by atoms with Gasteiger partial charge in [-0.3, -0.25) is 0 Å². The van der Waals surface area contributed by atoms with Gasteiger partial charge in [-0.25, -0.2) is 4.39 Å².